The van der Waals surface area contributed by atoms with Crippen LogP contribution in [0.2, 0.25) is 0 Å². The van der Waals surface area contributed by atoms with Gasteiger partial charge in [-0.25, -0.2) is 0 Å². The Labute approximate surface area is 176 Å². The minimum Gasteiger partial charge on any atom is -0.452 e. The van der Waals surface area contributed by atoms with Crippen molar-refractivity contribution >= 4 is 28.5 Å². The molecule has 0 unspecified atom stereocenters. The fourth-order valence-corrected chi connectivity index (χ4v) is 3.93. The summed E-state index contributed by atoms with van der Waals surface area (Å²) >= 11 is 0. The van der Waals surface area contributed by atoms with Crippen molar-refractivity contribution < 1.29 is 14.3 Å². The van der Waals surface area contributed by atoms with Gasteiger partial charge in [0.1, 0.15) is 0 Å². The number of rotatable bonds is 6. The van der Waals surface area contributed by atoms with Crippen LogP contribution in [0, 0.1) is 0 Å². The number of carbonyl (C=O) groups is 2. The monoisotopic (exact) mass is 405 g/mol. The van der Waals surface area contributed by atoms with Crippen molar-refractivity contribution in [2.75, 3.05) is 31.1 Å². The minimum atomic E-state index is -0.762. The van der Waals surface area contributed by atoms with E-state index in [2.05, 4.69) is 17.0 Å². The third-order valence-corrected chi connectivity index (χ3v) is 5.61. The Hall–Kier alpha value is -3.28. The van der Waals surface area contributed by atoms with Crippen molar-refractivity contribution in [3.8, 4) is 0 Å². The number of piperazine rings is 1. The van der Waals surface area contributed by atoms with Crippen molar-refractivity contribution in [1.82, 2.24) is 9.47 Å². The fourth-order valence-electron chi connectivity index (χ4n) is 3.93. The quantitative estimate of drug-likeness (QED) is 0.591. The first-order valence-corrected chi connectivity index (χ1v) is 10.4. The summed E-state index contributed by atoms with van der Waals surface area (Å²) in [5, 5.41) is 1.14. The molecule has 1 aromatic heterocycles. The smallest absolute Gasteiger partial charge is 0.308 e. The lowest BCUT2D eigenvalue weighted by Gasteiger charge is -2.37. The molecule has 1 atom stereocenters. The van der Waals surface area contributed by atoms with E-state index in [1.807, 2.05) is 59.3 Å². The third-order valence-electron chi connectivity index (χ3n) is 5.61. The second kappa shape index (κ2) is 9.03. The van der Waals surface area contributed by atoms with Gasteiger partial charge in [-0.3, -0.25) is 9.59 Å². The normalized spacial score (nSPS) is 15.2. The second-order valence-electron chi connectivity index (χ2n) is 7.60. The van der Waals surface area contributed by atoms with Gasteiger partial charge in [-0.1, -0.05) is 36.4 Å². The van der Waals surface area contributed by atoms with E-state index in [9.17, 15) is 9.59 Å². The van der Waals surface area contributed by atoms with E-state index in [0.717, 1.165) is 24.0 Å². The summed E-state index contributed by atoms with van der Waals surface area (Å²) in [7, 11) is 0. The molecule has 2 aromatic carbocycles. The molecule has 0 N–H and O–H groups in total. The fraction of sp³-hybridized carbons (Fsp3) is 0.333. The average molecular weight is 405 g/mol. The molecule has 1 fully saturated rings. The highest BCUT2D eigenvalue weighted by Gasteiger charge is 2.27. The Bertz CT molecular complexity index is 1010. The third kappa shape index (κ3) is 4.48. The number of hydrogen-bond acceptors (Lipinski definition) is 4. The Morgan fingerprint density at radius 3 is 2.40 bits per heavy atom. The molecule has 0 bridgehead atoms. The zero-order valence-corrected chi connectivity index (χ0v) is 17.2. The van der Waals surface area contributed by atoms with Crippen molar-refractivity contribution in [2.45, 2.75) is 26.0 Å². The second-order valence-corrected chi connectivity index (χ2v) is 7.60. The highest BCUT2D eigenvalue weighted by molar-refractivity contribution is 5.84. The van der Waals surface area contributed by atoms with E-state index < -0.39 is 6.10 Å². The molecule has 3 aromatic rings. The summed E-state index contributed by atoms with van der Waals surface area (Å²) in [6.07, 6.45) is 1.44. The molecule has 30 heavy (non-hydrogen) atoms. The van der Waals surface area contributed by atoms with Crippen LogP contribution < -0.4 is 4.90 Å². The highest BCUT2D eigenvalue weighted by atomic mass is 16.5. The molecule has 0 radical (unpaired) electrons. The van der Waals surface area contributed by atoms with Crippen LogP contribution in [0.1, 0.15) is 13.3 Å². The predicted octanol–water partition coefficient (Wildman–Crippen LogP) is 3.31. The van der Waals surface area contributed by atoms with Crippen molar-refractivity contribution in [3.63, 3.8) is 0 Å². The zero-order chi connectivity index (χ0) is 20.9. The lowest BCUT2D eigenvalue weighted by molar-refractivity contribution is -0.159. The number of anilines is 1. The molecular formula is C24H27N3O3. The number of amides is 1. The summed E-state index contributed by atoms with van der Waals surface area (Å²) in [6, 6.07) is 20.3. The summed E-state index contributed by atoms with van der Waals surface area (Å²) in [5.74, 6) is -0.473. The van der Waals surface area contributed by atoms with Gasteiger partial charge in [-0.15, -0.1) is 0 Å². The molecule has 0 aliphatic carbocycles. The first-order chi connectivity index (χ1) is 14.6. The maximum atomic E-state index is 12.7. The van der Waals surface area contributed by atoms with Crippen LogP contribution in [-0.2, 0) is 20.9 Å². The van der Waals surface area contributed by atoms with Crippen molar-refractivity contribution in [2.24, 2.45) is 0 Å². The van der Waals surface area contributed by atoms with Gasteiger partial charge in [-0.05, 0) is 36.6 Å². The first-order valence-electron chi connectivity index (χ1n) is 10.4. The molecular weight excluding hydrogens is 378 g/mol. The maximum absolute atomic E-state index is 12.7. The topological polar surface area (TPSA) is 54.8 Å². The first kappa shape index (κ1) is 20.0. The van der Waals surface area contributed by atoms with E-state index in [1.165, 1.54) is 5.69 Å². The van der Waals surface area contributed by atoms with Gasteiger partial charge in [0, 0.05) is 50.1 Å². The van der Waals surface area contributed by atoms with E-state index in [0.29, 0.717) is 19.6 Å². The number of esters is 1. The van der Waals surface area contributed by atoms with Crippen LogP contribution in [0.25, 0.3) is 10.9 Å². The summed E-state index contributed by atoms with van der Waals surface area (Å²) in [5.41, 5.74) is 2.26. The minimum absolute atomic E-state index is 0.123. The number of para-hydroxylation sites is 2. The Morgan fingerprint density at radius 1 is 0.933 bits per heavy atom. The molecule has 1 aliphatic heterocycles. The number of benzene rings is 2. The molecule has 4 rings (SSSR count). The number of ether oxygens (including phenoxy) is 1. The number of aromatic nitrogens is 1. The van der Waals surface area contributed by atoms with Crippen LogP contribution in [-0.4, -0.2) is 53.6 Å². The lowest BCUT2D eigenvalue weighted by Crippen LogP contribution is -2.51. The van der Waals surface area contributed by atoms with Gasteiger partial charge in [-0.2, -0.15) is 0 Å². The number of hydrogen-bond donors (Lipinski definition) is 0. The average Bonchev–Trinajstić information content (AvgIpc) is 3.21. The zero-order valence-electron chi connectivity index (χ0n) is 17.2. The molecule has 1 aliphatic rings. The Kier molecular flexibility index (Phi) is 6.02. The van der Waals surface area contributed by atoms with Crippen LogP contribution in [0.5, 0.6) is 0 Å². The Balaban J connectivity index is 1.25. The van der Waals surface area contributed by atoms with Crippen LogP contribution in [0.4, 0.5) is 5.69 Å². The molecule has 0 saturated carbocycles. The van der Waals surface area contributed by atoms with Crippen molar-refractivity contribution in [1.29, 1.82) is 0 Å². The van der Waals surface area contributed by atoms with Crippen LogP contribution in [0.3, 0.4) is 0 Å². The van der Waals surface area contributed by atoms with Crippen LogP contribution >= 0.6 is 0 Å². The lowest BCUT2D eigenvalue weighted by atomic mass is 10.2. The number of aryl methyl sites for hydroxylation is 1. The van der Waals surface area contributed by atoms with E-state index in [4.69, 9.17) is 4.74 Å². The Morgan fingerprint density at radius 2 is 1.63 bits per heavy atom. The molecule has 0 spiro atoms. The maximum Gasteiger partial charge on any atom is 0.308 e. The molecule has 1 saturated heterocycles. The number of fused-ring (bicyclic) bond motifs is 1. The molecule has 6 heteroatoms. The van der Waals surface area contributed by atoms with Gasteiger partial charge in [0.05, 0.1) is 6.42 Å². The van der Waals surface area contributed by atoms with E-state index in [1.54, 1.807) is 11.8 Å². The summed E-state index contributed by atoms with van der Waals surface area (Å²) < 4.78 is 7.46. The summed E-state index contributed by atoms with van der Waals surface area (Å²) in [6.45, 7) is 5.00. The van der Waals surface area contributed by atoms with Gasteiger partial charge in [0.2, 0.25) is 0 Å². The number of nitrogens with zero attached hydrogens (tertiary/aromatic N) is 3. The van der Waals surface area contributed by atoms with Crippen LogP contribution in [0.15, 0.2) is 66.9 Å². The van der Waals surface area contributed by atoms with E-state index in [-0.39, 0.29) is 18.3 Å². The van der Waals surface area contributed by atoms with Gasteiger partial charge in [0.25, 0.3) is 5.91 Å². The van der Waals surface area contributed by atoms with Gasteiger partial charge in [0.15, 0.2) is 6.10 Å². The molecule has 1 amide bonds. The number of carbonyl (C=O) groups excluding carboxylic acids is 2. The van der Waals surface area contributed by atoms with E-state index >= 15 is 0 Å². The SMILES string of the molecule is C[C@H](OC(=O)CCn1ccc2ccccc21)C(=O)N1CCN(c2ccccc2)CC1. The largest absolute Gasteiger partial charge is 0.452 e. The van der Waals surface area contributed by atoms with Gasteiger partial charge < -0.3 is 19.1 Å². The molecule has 6 nitrogen and oxygen atoms in total. The molecule has 2 heterocycles. The predicted molar refractivity (Wildman–Crippen MR) is 117 cm³/mol. The summed E-state index contributed by atoms with van der Waals surface area (Å²) in [4.78, 5) is 29.1. The highest BCUT2D eigenvalue weighted by Crippen LogP contribution is 2.17. The van der Waals surface area contributed by atoms with Gasteiger partial charge >= 0.3 is 5.97 Å². The molecule has 156 valence electrons. The van der Waals surface area contributed by atoms with Crippen molar-refractivity contribution in [3.05, 3.63) is 66.9 Å². The standard InChI is InChI=1S/C24H27N3O3/c1-19(24(29)27-17-15-25(16-18-27)21-8-3-2-4-9-21)30-23(28)12-14-26-13-11-20-7-5-6-10-22(20)26/h2-11,13,19H,12,14-18H2,1H3/t19-/m0/s1.